The molecule has 0 radical (unpaired) electrons. The van der Waals surface area contributed by atoms with Gasteiger partial charge in [0, 0.05) is 48.2 Å². The number of hydrogen-bond donors (Lipinski definition) is 2. The van der Waals surface area contributed by atoms with Crippen LogP contribution in [-0.2, 0) is 0 Å². The van der Waals surface area contributed by atoms with Crippen LogP contribution in [0.15, 0.2) is 24.7 Å². The highest BCUT2D eigenvalue weighted by Gasteiger charge is 2.24. The zero-order valence-corrected chi connectivity index (χ0v) is 18.9. The molecule has 1 aliphatic carbocycles. The molecule has 1 saturated heterocycles. The normalized spacial score (nSPS) is 20.5. The van der Waals surface area contributed by atoms with E-state index in [9.17, 15) is 4.39 Å². The molecule has 5 rings (SSSR count). The lowest BCUT2D eigenvalue weighted by Gasteiger charge is -2.33. The Morgan fingerprint density at radius 1 is 1.19 bits per heavy atom. The van der Waals surface area contributed by atoms with Crippen LogP contribution in [0.4, 0.5) is 10.2 Å². The zero-order valence-electron chi connectivity index (χ0n) is 17.3. The van der Waals surface area contributed by atoms with Crippen molar-refractivity contribution in [1.29, 1.82) is 0 Å². The molecule has 1 saturated carbocycles. The van der Waals surface area contributed by atoms with E-state index in [2.05, 4.69) is 29.6 Å². The van der Waals surface area contributed by atoms with Gasteiger partial charge in [-0.2, -0.15) is 0 Å². The molecule has 1 aliphatic heterocycles. The van der Waals surface area contributed by atoms with Gasteiger partial charge in [-0.3, -0.25) is 0 Å². The van der Waals surface area contributed by atoms with Gasteiger partial charge in [-0.1, -0.05) is 36.4 Å². The van der Waals surface area contributed by atoms with Crippen molar-refractivity contribution in [3.8, 4) is 11.4 Å². The van der Waals surface area contributed by atoms with Crippen molar-refractivity contribution in [1.82, 2.24) is 24.2 Å². The maximum atomic E-state index is 14.5. The molecule has 31 heavy (non-hydrogen) atoms. The molecule has 2 aliphatic rings. The highest BCUT2D eigenvalue weighted by atomic mass is 35.5. The summed E-state index contributed by atoms with van der Waals surface area (Å²) >= 11 is 8.07. The van der Waals surface area contributed by atoms with Gasteiger partial charge in [0.15, 0.2) is 17.5 Å². The van der Waals surface area contributed by atoms with Crippen LogP contribution in [0.25, 0.3) is 22.4 Å². The second-order valence-electron chi connectivity index (χ2n) is 8.46. The number of pyridine rings is 1. The number of hydrogen-bond acceptors (Lipinski definition) is 6. The van der Waals surface area contributed by atoms with E-state index in [-0.39, 0.29) is 11.9 Å². The van der Waals surface area contributed by atoms with Gasteiger partial charge in [-0.05, 0) is 37.7 Å². The van der Waals surface area contributed by atoms with E-state index in [0.29, 0.717) is 16.5 Å². The molecule has 164 valence electrons. The Morgan fingerprint density at radius 3 is 2.94 bits per heavy atom. The molecular weight excluding hydrogens is 435 g/mol. The third-order valence-corrected chi connectivity index (χ3v) is 7.70. The highest BCUT2D eigenvalue weighted by molar-refractivity contribution is 7.97. The number of piperidine rings is 1. The minimum atomic E-state index is -0.435. The van der Waals surface area contributed by atoms with Gasteiger partial charge < -0.3 is 10.3 Å². The summed E-state index contributed by atoms with van der Waals surface area (Å²) in [6.07, 6.45) is 12.2. The predicted octanol–water partition coefficient (Wildman–Crippen LogP) is 5.53. The topological polar surface area (TPSA) is 69.7 Å². The van der Waals surface area contributed by atoms with E-state index in [4.69, 9.17) is 11.6 Å². The number of aromatic nitrogens is 4. The van der Waals surface area contributed by atoms with Gasteiger partial charge in [0.05, 0.1) is 11.2 Å². The summed E-state index contributed by atoms with van der Waals surface area (Å²) in [5.41, 5.74) is 1.45. The minimum absolute atomic E-state index is 0.168. The number of rotatable bonds is 6. The van der Waals surface area contributed by atoms with E-state index in [1.54, 1.807) is 12.4 Å². The Hall–Kier alpha value is -1.90. The smallest absolute Gasteiger partial charge is 0.183 e. The second-order valence-corrected chi connectivity index (χ2v) is 10.0. The lowest BCUT2D eigenvalue weighted by atomic mass is 10.1. The number of halogens is 2. The summed E-state index contributed by atoms with van der Waals surface area (Å²) in [5, 5.41) is 4.69. The van der Waals surface area contributed by atoms with Gasteiger partial charge >= 0.3 is 0 Å². The molecule has 6 nitrogen and oxygen atoms in total. The van der Waals surface area contributed by atoms with Crippen LogP contribution in [0.5, 0.6) is 0 Å². The highest BCUT2D eigenvalue weighted by Crippen LogP contribution is 2.31. The quantitative estimate of drug-likeness (QED) is 0.471. The van der Waals surface area contributed by atoms with E-state index >= 15 is 0 Å². The Bertz CT molecular complexity index is 1050. The van der Waals surface area contributed by atoms with Crippen LogP contribution in [0.3, 0.4) is 0 Å². The fourth-order valence-corrected chi connectivity index (χ4v) is 5.98. The van der Waals surface area contributed by atoms with Crippen LogP contribution in [-0.4, -0.2) is 49.1 Å². The molecule has 0 amide bonds. The third-order valence-electron chi connectivity index (χ3n) is 6.18. The largest absolute Gasteiger partial charge is 0.363 e. The first-order valence-electron chi connectivity index (χ1n) is 11.0. The molecule has 9 heteroatoms. The maximum absolute atomic E-state index is 14.5. The van der Waals surface area contributed by atoms with Crippen molar-refractivity contribution < 1.29 is 4.39 Å². The van der Waals surface area contributed by atoms with Crippen LogP contribution in [0, 0.1) is 11.7 Å². The lowest BCUT2D eigenvalue weighted by molar-refractivity contribution is 0.353. The molecule has 0 aromatic carbocycles. The van der Waals surface area contributed by atoms with Crippen LogP contribution < -0.4 is 5.32 Å². The van der Waals surface area contributed by atoms with Crippen LogP contribution in [0.1, 0.15) is 38.5 Å². The Balaban J connectivity index is 1.29. The molecule has 0 bridgehead atoms. The van der Waals surface area contributed by atoms with Gasteiger partial charge in [0.25, 0.3) is 0 Å². The summed E-state index contributed by atoms with van der Waals surface area (Å²) in [7, 11) is 0. The van der Waals surface area contributed by atoms with Crippen molar-refractivity contribution in [3.05, 3.63) is 35.5 Å². The van der Waals surface area contributed by atoms with Gasteiger partial charge in [0.2, 0.25) is 0 Å². The zero-order chi connectivity index (χ0) is 21.2. The summed E-state index contributed by atoms with van der Waals surface area (Å²) in [6, 6.07) is 1.98. The Labute approximate surface area is 190 Å². The van der Waals surface area contributed by atoms with E-state index < -0.39 is 5.82 Å². The SMILES string of the molecule is Fc1cnc(-c2c[nH]c3ncc(Cl)cc23)nc1NC1CCCN(SCC2CCCC2)C1. The fraction of sp³-hybridized carbons (Fsp3) is 0.500. The summed E-state index contributed by atoms with van der Waals surface area (Å²) < 4.78 is 17.0. The molecule has 2 N–H and O–H groups in total. The first-order valence-corrected chi connectivity index (χ1v) is 12.3. The molecule has 3 aromatic heterocycles. The van der Waals surface area contributed by atoms with Crippen molar-refractivity contribution >= 4 is 40.4 Å². The molecule has 3 aromatic rings. The molecule has 4 heterocycles. The Kier molecular flexibility index (Phi) is 6.29. The summed E-state index contributed by atoms with van der Waals surface area (Å²) in [6.45, 7) is 1.99. The number of aromatic amines is 1. The first kappa shape index (κ1) is 21.0. The second kappa shape index (κ2) is 9.30. The molecule has 1 unspecified atom stereocenters. The van der Waals surface area contributed by atoms with E-state index in [1.165, 1.54) is 37.6 Å². The summed E-state index contributed by atoms with van der Waals surface area (Å²) in [5.74, 6) is 2.33. The number of nitrogens with zero attached hydrogens (tertiary/aromatic N) is 4. The molecule has 2 fully saturated rings. The van der Waals surface area contributed by atoms with Crippen molar-refractivity contribution in [2.24, 2.45) is 5.92 Å². The Morgan fingerprint density at radius 2 is 2.06 bits per heavy atom. The number of anilines is 1. The molecule has 1 atom stereocenters. The van der Waals surface area contributed by atoms with Crippen molar-refractivity contribution in [2.45, 2.75) is 44.6 Å². The van der Waals surface area contributed by atoms with Crippen LogP contribution >= 0.6 is 23.5 Å². The van der Waals surface area contributed by atoms with Gasteiger partial charge in [-0.15, -0.1) is 0 Å². The molecular formula is C22H26ClFN6S. The average molecular weight is 461 g/mol. The molecule has 0 spiro atoms. The van der Waals surface area contributed by atoms with Crippen molar-refractivity contribution in [2.75, 3.05) is 24.2 Å². The average Bonchev–Trinajstić information content (AvgIpc) is 3.44. The monoisotopic (exact) mass is 460 g/mol. The standard InChI is InChI=1S/C22H26ClFN6S/c23-15-8-17-18(10-26-20(17)25-9-15)21-27-11-19(24)22(29-21)28-16-6-3-7-30(12-16)31-13-14-4-1-2-5-14/h8-11,14,16H,1-7,12-13H2,(H,25,26)(H,27,28,29). The predicted molar refractivity (Wildman–Crippen MR) is 125 cm³/mol. The maximum Gasteiger partial charge on any atom is 0.183 e. The van der Waals surface area contributed by atoms with Crippen LogP contribution in [0.2, 0.25) is 5.02 Å². The van der Waals surface area contributed by atoms with E-state index in [1.807, 2.05) is 18.0 Å². The number of H-pyrrole nitrogens is 1. The number of nitrogens with one attached hydrogen (secondary N) is 2. The first-order chi connectivity index (χ1) is 15.2. The number of fused-ring (bicyclic) bond motifs is 1. The van der Waals surface area contributed by atoms with Gasteiger partial charge in [0.1, 0.15) is 5.65 Å². The minimum Gasteiger partial charge on any atom is -0.363 e. The summed E-state index contributed by atoms with van der Waals surface area (Å²) in [4.78, 5) is 16.1. The fourth-order valence-electron chi connectivity index (χ4n) is 4.52. The van der Waals surface area contributed by atoms with Crippen molar-refractivity contribution in [3.63, 3.8) is 0 Å². The van der Waals surface area contributed by atoms with E-state index in [0.717, 1.165) is 42.8 Å². The van der Waals surface area contributed by atoms with Gasteiger partial charge in [-0.25, -0.2) is 23.6 Å². The third kappa shape index (κ3) is 4.81. The lowest BCUT2D eigenvalue weighted by Crippen LogP contribution is -2.39.